The minimum atomic E-state index is -1.31. The van der Waals surface area contributed by atoms with Gasteiger partial charge in [-0.05, 0) is 29.8 Å². The molecule has 0 unspecified atom stereocenters. The first-order chi connectivity index (χ1) is 9.59. The van der Waals surface area contributed by atoms with Crippen LogP contribution in [0.4, 0.5) is 5.69 Å². The molecule has 98 valence electrons. The van der Waals surface area contributed by atoms with Gasteiger partial charge in [0.15, 0.2) is 0 Å². The normalized spacial score (nSPS) is 13.5. The molecule has 0 atom stereocenters. The summed E-state index contributed by atoms with van der Waals surface area (Å²) >= 11 is 0. The topological polar surface area (TPSA) is 77.5 Å². The lowest BCUT2D eigenvalue weighted by atomic mass is 10.1. The molecular formula is C15H8NO4-. The van der Waals surface area contributed by atoms with Crippen LogP contribution in [0.2, 0.25) is 0 Å². The molecule has 5 heteroatoms. The summed E-state index contributed by atoms with van der Waals surface area (Å²) in [5.74, 6) is -2.13. The van der Waals surface area contributed by atoms with Crippen molar-refractivity contribution < 1.29 is 19.5 Å². The van der Waals surface area contributed by atoms with Gasteiger partial charge in [-0.1, -0.05) is 24.3 Å². The molecule has 3 rings (SSSR count). The van der Waals surface area contributed by atoms with Gasteiger partial charge in [-0.25, -0.2) is 4.90 Å². The lowest BCUT2D eigenvalue weighted by Crippen LogP contribution is -2.29. The van der Waals surface area contributed by atoms with Gasteiger partial charge in [0.25, 0.3) is 11.8 Å². The van der Waals surface area contributed by atoms with Crippen LogP contribution in [0.25, 0.3) is 0 Å². The van der Waals surface area contributed by atoms with Crippen LogP contribution < -0.4 is 10.0 Å². The van der Waals surface area contributed by atoms with Gasteiger partial charge in [0, 0.05) is 0 Å². The number of hydrogen-bond donors (Lipinski definition) is 0. The summed E-state index contributed by atoms with van der Waals surface area (Å²) in [5.41, 5.74) is 1.02. The summed E-state index contributed by atoms with van der Waals surface area (Å²) in [6, 6.07) is 12.0. The summed E-state index contributed by atoms with van der Waals surface area (Å²) in [7, 11) is 0. The van der Waals surface area contributed by atoms with E-state index in [9.17, 15) is 19.5 Å². The molecule has 0 fully saturated rings. The van der Waals surface area contributed by atoms with Gasteiger partial charge in [-0.3, -0.25) is 9.59 Å². The molecule has 0 N–H and O–H groups in total. The number of carbonyl (C=O) groups is 3. The van der Waals surface area contributed by atoms with E-state index in [2.05, 4.69) is 0 Å². The van der Waals surface area contributed by atoms with Gasteiger partial charge in [0.1, 0.15) is 0 Å². The fraction of sp³-hybridized carbons (Fsp3) is 0. The average molecular weight is 266 g/mol. The monoisotopic (exact) mass is 266 g/mol. The van der Waals surface area contributed by atoms with Crippen LogP contribution in [0.1, 0.15) is 31.1 Å². The van der Waals surface area contributed by atoms with Crippen molar-refractivity contribution in [2.24, 2.45) is 0 Å². The van der Waals surface area contributed by atoms with E-state index < -0.39 is 17.8 Å². The smallest absolute Gasteiger partial charge is 0.266 e. The number of nitrogens with zero attached hydrogens (tertiary/aromatic N) is 1. The van der Waals surface area contributed by atoms with E-state index in [0.717, 1.165) is 4.90 Å². The summed E-state index contributed by atoms with van der Waals surface area (Å²) in [6.45, 7) is 0. The molecule has 0 spiro atoms. The van der Waals surface area contributed by atoms with E-state index in [1.54, 1.807) is 24.3 Å². The number of imide groups is 1. The zero-order valence-corrected chi connectivity index (χ0v) is 10.2. The third-order valence-electron chi connectivity index (χ3n) is 3.16. The number of benzene rings is 2. The Bertz CT molecular complexity index is 699. The molecular weight excluding hydrogens is 258 g/mol. The molecule has 1 aliphatic rings. The largest absolute Gasteiger partial charge is 0.545 e. The molecule has 1 heterocycles. The number of fused-ring (bicyclic) bond motifs is 1. The second kappa shape index (κ2) is 4.31. The van der Waals surface area contributed by atoms with E-state index in [4.69, 9.17) is 0 Å². The highest BCUT2D eigenvalue weighted by molar-refractivity contribution is 6.34. The first-order valence-corrected chi connectivity index (χ1v) is 5.89. The molecule has 2 aromatic carbocycles. The van der Waals surface area contributed by atoms with Crippen molar-refractivity contribution in [3.8, 4) is 0 Å². The van der Waals surface area contributed by atoms with Gasteiger partial charge in [-0.15, -0.1) is 0 Å². The summed E-state index contributed by atoms with van der Waals surface area (Å²) < 4.78 is 0. The third kappa shape index (κ3) is 1.68. The number of amides is 2. The Morgan fingerprint density at radius 3 is 1.80 bits per heavy atom. The minimum absolute atomic E-state index is 0.00893. The van der Waals surface area contributed by atoms with Crippen LogP contribution in [0.15, 0.2) is 48.5 Å². The molecule has 20 heavy (non-hydrogen) atoms. The molecule has 0 bridgehead atoms. The van der Waals surface area contributed by atoms with Crippen LogP contribution >= 0.6 is 0 Å². The third-order valence-corrected chi connectivity index (χ3v) is 3.16. The van der Waals surface area contributed by atoms with Crippen molar-refractivity contribution >= 4 is 23.5 Å². The number of carboxylic acid groups (broad SMARTS) is 1. The first-order valence-electron chi connectivity index (χ1n) is 5.89. The Morgan fingerprint density at radius 1 is 0.850 bits per heavy atom. The minimum Gasteiger partial charge on any atom is -0.545 e. The zero-order chi connectivity index (χ0) is 14.3. The highest BCUT2D eigenvalue weighted by atomic mass is 16.4. The predicted molar refractivity (Wildman–Crippen MR) is 68.4 cm³/mol. The van der Waals surface area contributed by atoms with Crippen molar-refractivity contribution in [1.82, 2.24) is 0 Å². The number of anilines is 1. The van der Waals surface area contributed by atoms with E-state index in [1.165, 1.54) is 24.3 Å². The molecule has 2 amide bonds. The van der Waals surface area contributed by atoms with E-state index in [1.807, 2.05) is 0 Å². The van der Waals surface area contributed by atoms with Crippen LogP contribution in [0, 0.1) is 0 Å². The number of carboxylic acids is 1. The van der Waals surface area contributed by atoms with Gasteiger partial charge in [0.2, 0.25) is 0 Å². The van der Waals surface area contributed by atoms with Crippen molar-refractivity contribution in [3.05, 3.63) is 65.2 Å². The Labute approximate surface area is 114 Å². The average Bonchev–Trinajstić information content (AvgIpc) is 2.72. The van der Waals surface area contributed by atoms with Crippen molar-refractivity contribution in [1.29, 1.82) is 0 Å². The van der Waals surface area contributed by atoms with Crippen LogP contribution in [0.5, 0.6) is 0 Å². The lowest BCUT2D eigenvalue weighted by molar-refractivity contribution is -0.255. The van der Waals surface area contributed by atoms with Crippen molar-refractivity contribution in [2.45, 2.75) is 0 Å². The number of carbonyl (C=O) groups excluding carboxylic acids is 3. The molecule has 2 aromatic rings. The zero-order valence-electron chi connectivity index (χ0n) is 10.2. The van der Waals surface area contributed by atoms with E-state index >= 15 is 0 Å². The van der Waals surface area contributed by atoms with Gasteiger partial charge in [0.05, 0.1) is 22.8 Å². The molecule has 0 radical (unpaired) electrons. The Kier molecular flexibility index (Phi) is 2.61. The summed E-state index contributed by atoms with van der Waals surface area (Å²) in [6.07, 6.45) is 0. The summed E-state index contributed by atoms with van der Waals surface area (Å²) in [4.78, 5) is 36.1. The molecule has 0 saturated heterocycles. The molecule has 0 aromatic heterocycles. The van der Waals surface area contributed by atoms with E-state index in [0.29, 0.717) is 16.8 Å². The number of rotatable bonds is 2. The SMILES string of the molecule is O=C([O-])c1ccc(N2C(=O)c3ccccc3C2=O)cc1. The quantitative estimate of drug-likeness (QED) is 0.755. The maximum Gasteiger partial charge on any atom is 0.266 e. The highest BCUT2D eigenvalue weighted by Gasteiger charge is 2.36. The Morgan fingerprint density at radius 2 is 1.35 bits per heavy atom. The molecule has 5 nitrogen and oxygen atoms in total. The molecule has 0 saturated carbocycles. The van der Waals surface area contributed by atoms with E-state index in [-0.39, 0.29) is 5.56 Å². The standard InChI is InChI=1S/C15H9NO4/c17-13-11-3-1-2-4-12(11)14(18)16(13)10-7-5-9(6-8-10)15(19)20/h1-8H,(H,19,20)/p-1. The maximum atomic E-state index is 12.2. The Hall–Kier alpha value is -2.95. The second-order valence-electron chi connectivity index (χ2n) is 4.33. The fourth-order valence-corrected chi connectivity index (χ4v) is 2.17. The van der Waals surface area contributed by atoms with Crippen molar-refractivity contribution in [2.75, 3.05) is 4.90 Å². The fourth-order valence-electron chi connectivity index (χ4n) is 2.17. The van der Waals surface area contributed by atoms with Crippen molar-refractivity contribution in [3.63, 3.8) is 0 Å². The van der Waals surface area contributed by atoms with Crippen LogP contribution in [0.3, 0.4) is 0 Å². The Balaban J connectivity index is 2.02. The number of aromatic carboxylic acids is 1. The van der Waals surface area contributed by atoms with Crippen LogP contribution in [-0.2, 0) is 0 Å². The summed E-state index contributed by atoms with van der Waals surface area (Å²) in [5, 5.41) is 10.7. The van der Waals surface area contributed by atoms with Crippen LogP contribution in [-0.4, -0.2) is 17.8 Å². The predicted octanol–water partition coefficient (Wildman–Crippen LogP) is 0.851. The second-order valence-corrected chi connectivity index (χ2v) is 4.33. The lowest BCUT2D eigenvalue weighted by Gasteiger charge is -2.14. The maximum absolute atomic E-state index is 12.2. The number of hydrogen-bond acceptors (Lipinski definition) is 4. The molecule has 1 aliphatic heterocycles. The van der Waals surface area contributed by atoms with Gasteiger partial charge in [-0.2, -0.15) is 0 Å². The van der Waals surface area contributed by atoms with Gasteiger partial charge >= 0.3 is 0 Å². The first kappa shape index (κ1) is 12.1. The molecule has 0 aliphatic carbocycles. The van der Waals surface area contributed by atoms with Gasteiger partial charge < -0.3 is 9.90 Å². The highest BCUT2D eigenvalue weighted by Crippen LogP contribution is 2.28.